The van der Waals surface area contributed by atoms with Crippen LogP contribution >= 0.6 is 15.9 Å². The Morgan fingerprint density at radius 3 is 2.86 bits per heavy atom. The lowest BCUT2D eigenvalue weighted by Crippen LogP contribution is -2.45. The molecule has 0 radical (unpaired) electrons. The van der Waals surface area contributed by atoms with E-state index in [2.05, 4.69) is 27.3 Å². The predicted molar refractivity (Wildman–Crippen MR) is 60.2 cm³/mol. The number of benzene rings is 1. The summed E-state index contributed by atoms with van der Waals surface area (Å²) in [5.41, 5.74) is 1.21. The molecule has 1 aliphatic heterocycles. The van der Waals surface area contributed by atoms with Crippen LogP contribution in [0, 0.1) is 0 Å². The van der Waals surface area contributed by atoms with Gasteiger partial charge in [-0.2, -0.15) is 0 Å². The summed E-state index contributed by atoms with van der Waals surface area (Å²) in [5.74, 6) is 0. The van der Waals surface area contributed by atoms with E-state index < -0.39 is 0 Å². The number of halogens is 1. The molecule has 0 aliphatic carbocycles. The van der Waals surface area contributed by atoms with E-state index in [1.807, 2.05) is 18.2 Å². The van der Waals surface area contributed by atoms with Gasteiger partial charge in [-0.3, -0.25) is 0 Å². The predicted octanol–water partition coefficient (Wildman–Crippen LogP) is 2.33. The molecule has 1 heterocycles. The molecule has 1 aromatic carbocycles. The molecule has 76 valence electrons. The third-order valence-corrected chi connectivity index (χ3v) is 3.23. The molecule has 1 saturated heterocycles. The third kappa shape index (κ3) is 2.56. The Kier molecular flexibility index (Phi) is 3.56. The van der Waals surface area contributed by atoms with Gasteiger partial charge in [0, 0.05) is 10.5 Å². The molecule has 0 bridgehead atoms. The van der Waals surface area contributed by atoms with Crippen LogP contribution in [0.2, 0.25) is 0 Å². The van der Waals surface area contributed by atoms with Crippen molar-refractivity contribution in [2.45, 2.75) is 19.1 Å². The first-order valence-electron chi connectivity index (χ1n) is 4.91. The van der Waals surface area contributed by atoms with Gasteiger partial charge in [-0.05, 0) is 24.6 Å². The number of hydrogen-bond donors (Lipinski definition) is 1. The van der Waals surface area contributed by atoms with E-state index in [4.69, 9.17) is 4.74 Å². The van der Waals surface area contributed by atoms with E-state index in [9.17, 15) is 0 Å². The maximum atomic E-state index is 5.61. The lowest BCUT2D eigenvalue weighted by molar-refractivity contribution is 0.0804. The van der Waals surface area contributed by atoms with Crippen LogP contribution in [-0.4, -0.2) is 19.2 Å². The zero-order valence-electron chi connectivity index (χ0n) is 8.00. The van der Waals surface area contributed by atoms with Gasteiger partial charge < -0.3 is 10.1 Å². The summed E-state index contributed by atoms with van der Waals surface area (Å²) in [5, 5.41) is 3.31. The Labute approximate surface area is 92.8 Å². The summed E-state index contributed by atoms with van der Waals surface area (Å²) < 4.78 is 6.74. The van der Waals surface area contributed by atoms with Crippen molar-refractivity contribution in [2.24, 2.45) is 0 Å². The van der Waals surface area contributed by atoms with E-state index in [-0.39, 0.29) is 0 Å². The normalized spacial score (nSPS) is 20.5. The molecule has 1 aromatic rings. The summed E-state index contributed by atoms with van der Waals surface area (Å²) in [6.07, 6.45) is 1.25. The van der Waals surface area contributed by atoms with Crippen LogP contribution in [0.1, 0.15) is 12.0 Å². The van der Waals surface area contributed by atoms with Crippen LogP contribution in [-0.2, 0) is 11.3 Å². The molecule has 0 spiro atoms. The molecule has 14 heavy (non-hydrogen) atoms. The van der Waals surface area contributed by atoms with Gasteiger partial charge >= 0.3 is 0 Å². The van der Waals surface area contributed by atoms with Crippen LogP contribution in [0.3, 0.4) is 0 Å². The van der Waals surface area contributed by atoms with E-state index in [1.54, 1.807) is 0 Å². The van der Waals surface area contributed by atoms with E-state index in [1.165, 1.54) is 12.0 Å². The molecule has 1 aliphatic rings. The average Bonchev–Trinajstić information content (AvgIpc) is 2.12. The third-order valence-electron chi connectivity index (χ3n) is 2.46. The Hall–Kier alpha value is -0.380. The van der Waals surface area contributed by atoms with Crippen LogP contribution in [0.25, 0.3) is 0 Å². The molecule has 3 heteroatoms. The maximum Gasteiger partial charge on any atom is 0.0728 e. The Morgan fingerprint density at radius 1 is 1.43 bits per heavy atom. The van der Waals surface area contributed by atoms with Crippen LogP contribution in [0.15, 0.2) is 28.7 Å². The van der Waals surface area contributed by atoms with Gasteiger partial charge in [0.1, 0.15) is 0 Å². The van der Waals surface area contributed by atoms with Crippen LogP contribution in [0.4, 0.5) is 0 Å². The second-order valence-electron chi connectivity index (χ2n) is 3.55. The molecule has 0 aromatic heterocycles. The zero-order valence-corrected chi connectivity index (χ0v) is 9.59. The van der Waals surface area contributed by atoms with Crippen molar-refractivity contribution in [3.8, 4) is 0 Å². The fraction of sp³-hybridized carbons (Fsp3) is 0.455. The van der Waals surface area contributed by atoms with E-state index >= 15 is 0 Å². The van der Waals surface area contributed by atoms with Crippen LogP contribution < -0.4 is 5.32 Å². The van der Waals surface area contributed by atoms with Crippen molar-refractivity contribution >= 4 is 15.9 Å². The van der Waals surface area contributed by atoms with E-state index in [0.29, 0.717) is 12.6 Å². The largest absolute Gasteiger partial charge is 0.375 e. The molecular weight excluding hydrogens is 242 g/mol. The van der Waals surface area contributed by atoms with Gasteiger partial charge in [-0.15, -0.1) is 0 Å². The highest BCUT2D eigenvalue weighted by Gasteiger charge is 2.15. The van der Waals surface area contributed by atoms with Crippen molar-refractivity contribution in [3.05, 3.63) is 34.3 Å². The highest BCUT2D eigenvalue weighted by molar-refractivity contribution is 9.10. The quantitative estimate of drug-likeness (QED) is 0.892. The standard InChI is InChI=1S/C11H14BrNO/c12-11-4-2-1-3-9(11)7-14-8-10-5-6-13-10/h1-4,10,13H,5-8H2. The maximum absolute atomic E-state index is 5.61. The molecule has 2 nitrogen and oxygen atoms in total. The first-order valence-corrected chi connectivity index (χ1v) is 5.70. The first kappa shape index (κ1) is 10.1. The van der Waals surface area contributed by atoms with Gasteiger partial charge in [-0.25, -0.2) is 0 Å². The minimum Gasteiger partial charge on any atom is -0.375 e. The molecule has 2 rings (SSSR count). The Balaban J connectivity index is 1.76. The molecule has 1 atom stereocenters. The first-order chi connectivity index (χ1) is 6.86. The van der Waals surface area contributed by atoms with Crippen molar-refractivity contribution in [1.29, 1.82) is 0 Å². The highest BCUT2D eigenvalue weighted by atomic mass is 79.9. The van der Waals surface area contributed by atoms with Gasteiger partial charge in [0.05, 0.1) is 13.2 Å². The number of nitrogens with one attached hydrogen (secondary N) is 1. The summed E-state index contributed by atoms with van der Waals surface area (Å²) >= 11 is 3.50. The number of ether oxygens (including phenoxy) is 1. The monoisotopic (exact) mass is 255 g/mol. The molecule has 1 fully saturated rings. The van der Waals surface area contributed by atoms with Crippen molar-refractivity contribution in [2.75, 3.05) is 13.2 Å². The molecule has 1 N–H and O–H groups in total. The van der Waals surface area contributed by atoms with E-state index in [0.717, 1.165) is 17.6 Å². The SMILES string of the molecule is Brc1ccccc1COCC1CCN1. The van der Waals surface area contributed by atoms with Crippen molar-refractivity contribution in [1.82, 2.24) is 5.32 Å². The second kappa shape index (κ2) is 4.91. The molecule has 0 saturated carbocycles. The summed E-state index contributed by atoms with van der Waals surface area (Å²) in [6.45, 7) is 2.66. The highest BCUT2D eigenvalue weighted by Crippen LogP contribution is 2.16. The van der Waals surface area contributed by atoms with Gasteiger partial charge in [0.2, 0.25) is 0 Å². The number of rotatable bonds is 4. The lowest BCUT2D eigenvalue weighted by atomic mass is 10.1. The summed E-state index contributed by atoms with van der Waals surface area (Å²) in [6, 6.07) is 8.75. The Bertz CT molecular complexity index is 299. The molecule has 1 unspecified atom stereocenters. The summed E-state index contributed by atoms with van der Waals surface area (Å²) in [7, 11) is 0. The molecule has 0 amide bonds. The number of hydrogen-bond acceptors (Lipinski definition) is 2. The van der Waals surface area contributed by atoms with Crippen molar-refractivity contribution < 1.29 is 4.74 Å². The fourth-order valence-corrected chi connectivity index (χ4v) is 1.82. The Morgan fingerprint density at radius 2 is 2.21 bits per heavy atom. The minimum absolute atomic E-state index is 0.581. The lowest BCUT2D eigenvalue weighted by Gasteiger charge is -2.27. The fourth-order valence-electron chi connectivity index (χ4n) is 1.42. The second-order valence-corrected chi connectivity index (χ2v) is 4.40. The van der Waals surface area contributed by atoms with Crippen molar-refractivity contribution in [3.63, 3.8) is 0 Å². The molecular formula is C11H14BrNO. The minimum atomic E-state index is 0.581. The van der Waals surface area contributed by atoms with Gasteiger partial charge in [-0.1, -0.05) is 34.1 Å². The topological polar surface area (TPSA) is 21.3 Å². The zero-order chi connectivity index (χ0) is 9.80. The van der Waals surface area contributed by atoms with Gasteiger partial charge in [0.15, 0.2) is 0 Å². The van der Waals surface area contributed by atoms with Crippen LogP contribution in [0.5, 0.6) is 0 Å². The summed E-state index contributed by atoms with van der Waals surface area (Å²) in [4.78, 5) is 0. The van der Waals surface area contributed by atoms with Gasteiger partial charge in [0.25, 0.3) is 0 Å². The average molecular weight is 256 g/mol. The smallest absolute Gasteiger partial charge is 0.0728 e.